The van der Waals surface area contributed by atoms with Crippen molar-refractivity contribution in [2.75, 3.05) is 24.5 Å². The van der Waals surface area contributed by atoms with E-state index < -0.39 is 10.0 Å². The molecule has 1 aromatic carbocycles. The lowest BCUT2D eigenvalue weighted by atomic mass is 10.2. The van der Waals surface area contributed by atoms with Gasteiger partial charge in [0.25, 0.3) is 0 Å². The maximum atomic E-state index is 12.9. The second-order valence-corrected chi connectivity index (χ2v) is 8.23. The Bertz CT molecular complexity index is 722. The topological polar surface area (TPSA) is 66.9 Å². The minimum absolute atomic E-state index is 0.0630. The summed E-state index contributed by atoms with van der Waals surface area (Å²) >= 11 is 0. The summed E-state index contributed by atoms with van der Waals surface area (Å²) in [6.45, 7) is 6.55. The zero-order valence-electron chi connectivity index (χ0n) is 13.7. The number of sulfonamides is 1. The van der Waals surface area contributed by atoms with Crippen LogP contribution >= 0.6 is 0 Å². The Labute approximate surface area is 137 Å². The van der Waals surface area contributed by atoms with E-state index in [4.69, 9.17) is 4.74 Å². The van der Waals surface area contributed by atoms with Crippen LogP contribution in [0.3, 0.4) is 0 Å². The molecule has 126 valence electrons. The highest BCUT2D eigenvalue weighted by Crippen LogP contribution is 2.32. The van der Waals surface area contributed by atoms with Crippen molar-refractivity contribution in [3.63, 3.8) is 0 Å². The molecule has 2 aliphatic rings. The number of anilines is 1. The number of fused-ring (bicyclic) bond motifs is 1. The lowest BCUT2D eigenvalue weighted by Crippen LogP contribution is -2.48. The number of morpholine rings is 1. The summed E-state index contributed by atoms with van der Waals surface area (Å²) in [5.74, 6) is -0.0630. The van der Waals surface area contributed by atoms with Gasteiger partial charge in [-0.25, -0.2) is 8.42 Å². The van der Waals surface area contributed by atoms with Gasteiger partial charge in [-0.2, -0.15) is 4.31 Å². The molecule has 0 saturated carbocycles. The Morgan fingerprint density at radius 3 is 2.48 bits per heavy atom. The fourth-order valence-electron chi connectivity index (χ4n) is 3.32. The Hall–Kier alpha value is -1.44. The smallest absolute Gasteiger partial charge is 0.243 e. The molecular weight excluding hydrogens is 316 g/mol. The molecule has 23 heavy (non-hydrogen) atoms. The van der Waals surface area contributed by atoms with E-state index in [1.54, 1.807) is 17.0 Å². The van der Waals surface area contributed by atoms with Crippen LogP contribution in [0.4, 0.5) is 5.69 Å². The summed E-state index contributed by atoms with van der Waals surface area (Å²) in [4.78, 5) is 13.6. The van der Waals surface area contributed by atoms with Gasteiger partial charge in [0.2, 0.25) is 15.9 Å². The fourth-order valence-corrected chi connectivity index (χ4v) is 4.93. The summed E-state index contributed by atoms with van der Waals surface area (Å²) in [6.07, 6.45) is 0.509. The third kappa shape index (κ3) is 3.00. The lowest BCUT2D eigenvalue weighted by Gasteiger charge is -2.34. The highest BCUT2D eigenvalue weighted by Gasteiger charge is 2.33. The lowest BCUT2D eigenvalue weighted by molar-refractivity contribution is -0.116. The predicted molar refractivity (Wildman–Crippen MR) is 86.9 cm³/mol. The standard InChI is InChI=1S/C16H22N2O4S/c1-11-9-17(10-12(2)22-11)23(20,21)15-5-4-14-6-7-18(13(3)19)16(14)8-15/h4-5,8,11-12H,6-7,9-10H2,1-3H3/t11-,12-/m0/s1. The van der Waals surface area contributed by atoms with E-state index >= 15 is 0 Å². The maximum Gasteiger partial charge on any atom is 0.243 e. The number of carbonyl (C=O) groups excluding carboxylic acids is 1. The predicted octanol–water partition coefficient (Wildman–Crippen LogP) is 1.39. The molecule has 0 aromatic heterocycles. The first-order chi connectivity index (χ1) is 10.8. The van der Waals surface area contributed by atoms with Crippen molar-refractivity contribution in [1.82, 2.24) is 4.31 Å². The molecule has 1 amide bonds. The Kier molecular flexibility index (Phi) is 4.20. The van der Waals surface area contributed by atoms with Crippen molar-refractivity contribution in [2.24, 2.45) is 0 Å². The molecule has 7 heteroatoms. The summed E-state index contributed by atoms with van der Waals surface area (Å²) in [5, 5.41) is 0. The molecule has 0 radical (unpaired) electrons. The normalized spacial score (nSPS) is 25.4. The number of rotatable bonds is 2. The summed E-state index contributed by atoms with van der Waals surface area (Å²) in [5.41, 5.74) is 1.73. The van der Waals surface area contributed by atoms with Gasteiger partial charge in [0.05, 0.1) is 17.1 Å². The van der Waals surface area contributed by atoms with E-state index in [2.05, 4.69) is 0 Å². The van der Waals surface area contributed by atoms with Gasteiger partial charge < -0.3 is 9.64 Å². The number of hydrogen-bond acceptors (Lipinski definition) is 4. The molecule has 0 unspecified atom stereocenters. The first-order valence-electron chi connectivity index (χ1n) is 7.85. The number of ether oxygens (including phenoxy) is 1. The van der Waals surface area contributed by atoms with Crippen molar-refractivity contribution in [1.29, 1.82) is 0 Å². The van der Waals surface area contributed by atoms with Gasteiger partial charge in [0.15, 0.2) is 0 Å². The van der Waals surface area contributed by atoms with Crippen LogP contribution in [0.1, 0.15) is 26.3 Å². The SMILES string of the molecule is CC(=O)N1CCc2ccc(S(=O)(=O)N3C[C@H](C)O[C@@H](C)C3)cc21. The number of hydrogen-bond donors (Lipinski definition) is 0. The molecule has 3 rings (SSSR count). The van der Waals surface area contributed by atoms with Crippen LogP contribution in [-0.4, -0.2) is 50.5 Å². The quantitative estimate of drug-likeness (QED) is 0.817. The van der Waals surface area contributed by atoms with Crippen molar-refractivity contribution < 1.29 is 17.9 Å². The Balaban J connectivity index is 1.95. The monoisotopic (exact) mass is 338 g/mol. The van der Waals surface area contributed by atoms with Crippen molar-refractivity contribution >= 4 is 21.6 Å². The van der Waals surface area contributed by atoms with Crippen LogP contribution in [0.25, 0.3) is 0 Å². The molecule has 2 heterocycles. The van der Waals surface area contributed by atoms with Gasteiger partial charge in [0, 0.05) is 32.2 Å². The summed E-state index contributed by atoms with van der Waals surface area (Å²) in [7, 11) is -3.58. The van der Waals surface area contributed by atoms with Crippen LogP contribution < -0.4 is 4.90 Å². The van der Waals surface area contributed by atoms with Gasteiger partial charge in [-0.3, -0.25) is 4.79 Å². The Morgan fingerprint density at radius 1 is 1.22 bits per heavy atom. The van der Waals surface area contributed by atoms with E-state index in [0.29, 0.717) is 25.3 Å². The van der Waals surface area contributed by atoms with Crippen molar-refractivity contribution in [3.8, 4) is 0 Å². The van der Waals surface area contributed by atoms with Gasteiger partial charge >= 0.3 is 0 Å². The highest BCUT2D eigenvalue weighted by atomic mass is 32.2. The van der Waals surface area contributed by atoms with Crippen LogP contribution in [0, 0.1) is 0 Å². The van der Waals surface area contributed by atoms with Crippen LogP contribution in [0.5, 0.6) is 0 Å². The Morgan fingerprint density at radius 2 is 1.87 bits per heavy atom. The van der Waals surface area contributed by atoms with Crippen LogP contribution in [0.15, 0.2) is 23.1 Å². The molecule has 0 N–H and O–H groups in total. The molecule has 0 aliphatic carbocycles. The van der Waals surface area contributed by atoms with E-state index in [9.17, 15) is 13.2 Å². The van der Waals surface area contributed by atoms with Crippen LogP contribution in [-0.2, 0) is 26.0 Å². The number of carbonyl (C=O) groups is 1. The van der Waals surface area contributed by atoms with Crippen molar-refractivity contribution in [3.05, 3.63) is 23.8 Å². The second kappa shape index (κ2) is 5.89. The average molecular weight is 338 g/mol. The van der Waals surface area contributed by atoms with Crippen molar-refractivity contribution in [2.45, 2.75) is 44.3 Å². The zero-order chi connectivity index (χ0) is 16.8. The van der Waals surface area contributed by atoms with Crippen LogP contribution in [0.2, 0.25) is 0 Å². The summed E-state index contributed by atoms with van der Waals surface area (Å²) < 4.78 is 32.9. The average Bonchev–Trinajstić information content (AvgIpc) is 2.89. The third-order valence-electron chi connectivity index (χ3n) is 4.36. The van der Waals surface area contributed by atoms with Gasteiger partial charge in [-0.15, -0.1) is 0 Å². The van der Waals surface area contributed by atoms with E-state index in [1.165, 1.54) is 11.2 Å². The minimum atomic E-state index is -3.58. The third-order valence-corrected chi connectivity index (χ3v) is 6.18. The molecule has 0 bridgehead atoms. The first kappa shape index (κ1) is 16.4. The van der Waals surface area contributed by atoms with Gasteiger partial charge in [-0.1, -0.05) is 6.07 Å². The van der Waals surface area contributed by atoms with E-state index in [-0.39, 0.29) is 23.0 Å². The zero-order valence-corrected chi connectivity index (χ0v) is 14.5. The highest BCUT2D eigenvalue weighted by molar-refractivity contribution is 7.89. The van der Waals surface area contributed by atoms with E-state index in [1.807, 2.05) is 19.9 Å². The molecule has 1 aromatic rings. The van der Waals surface area contributed by atoms with Gasteiger partial charge in [-0.05, 0) is 38.0 Å². The maximum absolute atomic E-state index is 12.9. The molecule has 1 saturated heterocycles. The fraction of sp³-hybridized carbons (Fsp3) is 0.562. The first-order valence-corrected chi connectivity index (χ1v) is 9.29. The number of benzene rings is 1. The second-order valence-electron chi connectivity index (χ2n) is 6.29. The summed E-state index contributed by atoms with van der Waals surface area (Å²) in [6, 6.07) is 5.09. The molecule has 6 nitrogen and oxygen atoms in total. The largest absolute Gasteiger partial charge is 0.373 e. The molecule has 2 atom stereocenters. The minimum Gasteiger partial charge on any atom is -0.373 e. The molecular formula is C16H22N2O4S. The van der Waals surface area contributed by atoms with E-state index in [0.717, 1.165) is 12.0 Å². The molecule has 0 spiro atoms. The number of amides is 1. The number of nitrogens with zero attached hydrogens (tertiary/aromatic N) is 2. The molecule has 1 fully saturated rings. The molecule has 2 aliphatic heterocycles. The van der Waals surface area contributed by atoms with Gasteiger partial charge in [0.1, 0.15) is 0 Å².